The predicted octanol–water partition coefficient (Wildman–Crippen LogP) is 0.491. The predicted molar refractivity (Wildman–Crippen MR) is 99.1 cm³/mol. The summed E-state index contributed by atoms with van der Waals surface area (Å²) < 4.78 is 6.00. The van der Waals surface area contributed by atoms with Gasteiger partial charge in [-0.05, 0) is 25.2 Å². The molecule has 2 aliphatic heterocycles. The van der Waals surface area contributed by atoms with E-state index in [0.717, 1.165) is 37.7 Å². The van der Waals surface area contributed by atoms with Crippen LogP contribution in [-0.4, -0.2) is 64.7 Å². The number of fused-ring (bicyclic) bond motifs is 1. The van der Waals surface area contributed by atoms with Crippen LogP contribution in [0.5, 0.6) is 0 Å². The number of H-pyrrole nitrogens is 1. The van der Waals surface area contributed by atoms with Crippen molar-refractivity contribution in [1.82, 2.24) is 20.2 Å². The first-order valence-corrected chi connectivity index (χ1v) is 8.58. The van der Waals surface area contributed by atoms with Gasteiger partial charge < -0.3 is 20.8 Å². The molecule has 0 bridgehead atoms. The van der Waals surface area contributed by atoms with Gasteiger partial charge in [0.05, 0.1) is 25.1 Å². The van der Waals surface area contributed by atoms with E-state index in [2.05, 4.69) is 20.2 Å². The molecule has 4 atom stereocenters. The Morgan fingerprint density at radius 1 is 1.44 bits per heavy atom. The smallest absolute Gasteiger partial charge is 0.237 e. The van der Waals surface area contributed by atoms with Crippen LogP contribution in [0.25, 0.3) is 0 Å². The lowest BCUT2D eigenvalue weighted by molar-refractivity contribution is -0.123. The lowest BCUT2D eigenvalue weighted by Gasteiger charge is -2.35. The number of nitrogens with one attached hydrogen (secondary N) is 2. The molecule has 1 aliphatic carbocycles. The second kappa shape index (κ2) is 8.68. The van der Waals surface area contributed by atoms with E-state index in [0.29, 0.717) is 18.6 Å². The third-order valence-electron chi connectivity index (χ3n) is 5.27. The van der Waals surface area contributed by atoms with Crippen molar-refractivity contribution in [3.63, 3.8) is 0 Å². The largest absolute Gasteiger partial charge is 0.375 e. The average Bonchev–Trinajstić information content (AvgIpc) is 3.12. The number of hydrogen-bond donors (Lipinski definition) is 3. The zero-order valence-corrected chi connectivity index (χ0v) is 15.7. The number of rotatable bonds is 5. The molecular formula is C16H27Cl2N5O2. The van der Waals surface area contributed by atoms with E-state index in [1.54, 1.807) is 12.5 Å². The Balaban J connectivity index is 0.00000113. The van der Waals surface area contributed by atoms with Gasteiger partial charge in [-0.25, -0.2) is 4.98 Å². The van der Waals surface area contributed by atoms with Gasteiger partial charge in [0.1, 0.15) is 0 Å². The van der Waals surface area contributed by atoms with E-state index in [4.69, 9.17) is 10.5 Å². The summed E-state index contributed by atoms with van der Waals surface area (Å²) in [6.45, 7) is 2.73. The molecular weight excluding hydrogens is 365 g/mol. The number of nitrogens with zero attached hydrogens (tertiary/aromatic N) is 2. The normalized spacial score (nSPS) is 29.9. The van der Waals surface area contributed by atoms with Crippen LogP contribution in [0.3, 0.4) is 0 Å². The molecule has 1 aromatic heterocycles. The van der Waals surface area contributed by atoms with Crippen molar-refractivity contribution in [2.75, 3.05) is 19.7 Å². The average molecular weight is 392 g/mol. The molecule has 9 heteroatoms. The highest BCUT2D eigenvalue weighted by Gasteiger charge is 2.42. The number of nitrogens with two attached hydrogens (primary N) is 1. The highest BCUT2D eigenvalue weighted by atomic mass is 35.5. The Kier molecular flexibility index (Phi) is 7.10. The van der Waals surface area contributed by atoms with Crippen LogP contribution in [0.1, 0.15) is 25.0 Å². The molecule has 0 spiro atoms. The minimum atomic E-state index is -0.538. The van der Waals surface area contributed by atoms with Crippen molar-refractivity contribution in [2.45, 2.75) is 49.9 Å². The fraction of sp³-hybridized carbons (Fsp3) is 0.750. The van der Waals surface area contributed by atoms with Gasteiger partial charge in [0.2, 0.25) is 5.91 Å². The molecule has 3 heterocycles. The van der Waals surface area contributed by atoms with Gasteiger partial charge >= 0.3 is 0 Å². The van der Waals surface area contributed by atoms with Crippen molar-refractivity contribution in [3.8, 4) is 0 Å². The molecule has 2 saturated heterocycles. The second-order valence-electron chi connectivity index (χ2n) is 7.15. The first-order chi connectivity index (χ1) is 11.2. The summed E-state index contributed by atoms with van der Waals surface area (Å²) >= 11 is 0. The molecule has 1 saturated carbocycles. The van der Waals surface area contributed by atoms with Gasteiger partial charge in [-0.1, -0.05) is 0 Å². The number of morpholine rings is 1. The van der Waals surface area contributed by atoms with Gasteiger partial charge in [-0.2, -0.15) is 0 Å². The Hall–Kier alpha value is -0.860. The van der Waals surface area contributed by atoms with Crippen LogP contribution >= 0.6 is 24.8 Å². The summed E-state index contributed by atoms with van der Waals surface area (Å²) in [5, 5.41) is 3.11. The van der Waals surface area contributed by atoms with E-state index in [1.807, 2.05) is 0 Å². The number of hydrogen-bond acceptors (Lipinski definition) is 5. The fourth-order valence-electron chi connectivity index (χ4n) is 3.79. The Labute approximate surface area is 160 Å². The summed E-state index contributed by atoms with van der Waals surface area (Å²) in [5.41, 5.74) is 6.89. The molecule has 3 aliphatic rings. The van der Waals surface area contributed by atoms with Crippen molar-refractivity contribution in [3.05, 3.63) is 18.2 Å². The van der Waals surface area contributed by atoms with Gasteiger partial charge in [-0.3, -0.25) is 9.69 Å². The molecule has 1 amide bonds. The molecule has 3 fully saturated rings. The summed E-state index contributed by atoms with van der Waals surface area (Å²) in [5.74, 6) is 0.691. The number of halogens is 2. The van der Waals surface area contributed by atoms with Crippen LogP contribution in [0.4, 0.5) is 0 Å². The highest BCUT2D eigenvalue weighted by Crippen LogP contribution is 2.37. The third-order valence-corrected chi connectivity index (χ3v) is 5.27. The number of imidazole rings is 1. The number of aromatic nitrogens is 2. The fourth-order valence-corrected chi connectivity index (χ4v) is 3.79. The van der Waals surface area contributed by atoms with Crippen molar-refractivity contribution in [1.29, 1.82) is 0 Å². The summed E-state index contributed by atoms with van der Waals surface area (Å²) in [6.07, 6.45) is 7.78. The maximum atomic E-state index is 12.3. The molecule has 1 aromatic rings. The van der Waals surface area contributed by atoms with Gasteiger partial charge in [0.25, 0.3) is 0 Å². The van der Waals surface area contributed by atoms with Crippen molar-refractivity contribution >= 4 is 30.7 Å². The van der Waals surface area contributed by atoms with Crippen LogP contribution < -0.4 is 11.1 Å². The number of carbonyl (C=O) groups is 1. The standard InChI is InChI=1S/C16H25N5O2.2ClH/c17-14(4-11-5-18-9-19-11)16(22)20-12-3-13-8-23-15(10-1-2-10)7-21(13)6-12;;/h5,9-10,12-15H,1-4,6-8,17H2,(H,18,19)(H,20,22);2*1H/t12-,13+,14+,15-;;/m1../s1. The first-order valence-electron chi connectivity index (χ1n) is 8.58. The minimum Gasteiger partial charge on any atom is -0.375 e. The Morgan fingerprint density at radius 3 is 2.92 bits per heavy atom. The Morgan fingerprint density at radius 2 is 2.24 bits per heavy atom. The van der Waals surface area contributed by atoms with Gasteiger partial charge in [0, 0.05) is 43.5 Å². The van der Waals surface area contributed by atoms with Crippen LogP contribution in [0.2, 0.25) is 0 Å². The first kappa shape index (κ1) is 20.5. The van der Waals surface area contributed by atoms with E-state index in [-0.39, 0.29) is 36.8 Å². The third kappa shape index (κ3) is 4.86. The minimum absolute atomic E-state index is 0. The second-order valence-corrected chi connectivity index (χ2v) is 7.15. The quantitative estimate of drug-likeness (QED) is 0.678. The molecule has 142 valence electrons. The summed E-state index contributed by atoms with van der Waals surface area (Å²) in [4.78, 5) is 21.7. The van der Waals surface area contributed by atoms with Gasteiger partial charge in [-0.15, -0.1) is 24.8 Å². The van der Waals surface area contributed by atoms with E-state index in [9.17, 15) is 4.79 Å². The van der Waals surface area contributed by atoms with E-state index in [1.165, 1.54) is 12.8 Å². The summed E-state index contributed by atoms with van der Waals surface area (Å²) in [7, 11) is 0. The van der Waals surface area contributed by atoms with Crippen molar-refractivity contribution in [2.24, 2.45) is 11.7 Å². The number of amides is 1. The highest BCUT2D eigenvalue weighted by molar-refractivity contribution is 5.85. The van der Waals surface area contributed by atoms with E-state index < -0.39 is 6.04 Å². The molecule has 0 aromatic carbocycles. The molecule has 4 N–H and O–H groups in total. The van der Waals surface area contributed by atoms with Crippen molar-refractivity contribution < 1.29 is 9.53 Å². The Bertz CT molecular complexity index is 555. The summed E-state index contributed by atoms with van der Waals surface area (Å²) in [6, 6.07) is 0.0875. The zero-order valence-electron chi connectivity index (χ0n) is 14.1. The van der Waals surface area contributed by atoms with Crippen LogP contribution in [0.15, 0.2) is 12.5 Å². The monoisotopic (exact) mass is 391 g/mol. The van der Waals surface area contributed by atoms with Crippen LogP contribution in [-0.2, 0) is 16.0 Å². The molecule has 4 rings (SSSR count). The number of aromatic amines is 1. The molecule has 25 heavy (non-hydrogen) atoms. The molecule has 7 nitrogen and oxygen atoms in total. The number of carbonyl (C=O) groups excluding carboxylic acids is 1. The lowest BCUT2D eigenvalue weighted by Crippen LogP contribution is -2.48. The van der Waals surface area contributed by atoms with Crippen LogP contribution in [0, 0.1) is 5.92 Å². The topological polar surface area (TPSA) is 96.3 Å². The van der Waals surface area contributed by atoms with Gasteiger partial charge in [0.15, 0.2) is 0 Å². The molecule has 0 unspecified atom stereocenters. The zero-order chi connectivity index (χ0) is 15.8. The molecule has 0 radical (unpaired) electrons. The maximum Gasteiger partial charge on any atom is 0.237 e. The maximum absolute atomic E-state index is 12.3. The number of ether oxygens (including phenoxy) is 1. The SMILES string of the molecule is Cl.Cl.N[C@@H](Cc1cnc[nH]1)C(=O)N[C@@H]1C[C@H]2CO[C@@H](C3CC3)CN2C1. The lowest BCUT2D eigenvalue weighted by atomic mass is 10.1. The van der Waals surface area contributed by atoms with E-state index >= 15 is 0 Å².